The maximum absolute atomic E-state index is 2.59. The zero-order chi connectivity index (χ0) is 24.9. The predicted molar refractivity (Wildman–Crippen MR) is 152 cm³/mol. The van der Waals surface area contributed by atoms with Gasteiger partial charge in [0.05, 0.1) is 18.5 Å². The first kappa shape index (κ1) is 31.2. The third-order valence-corrected chi connectivity index (χ3v) is 7.69. The third kappa shape index (κ3) is 14.6. The minimum absolute atomic E-state index is 0.591. The molecule has 2 heteroatoms. The molecule has 0 saturated carbocycles. The Morgan fingerprint density at radius 2 is 1.00 bits per heavy atom. The summed E-state index contributed by atoms with van der Waals surface area (Å²) >= 11 is 0. The summed E-state index contributed by atoms with van der Waals surface area (Å²) in [6, 6.07) is 0.625. The number of aryl methyl sites for hydroxylation is 1. The molecule has 0 aliphatic carbocycles. The van der Waals surface area contributed by atoms with Crippen LogP contribution in [0.3, 0.4) is 0 Å². The second kappa shape index (κ2) is 21.5. The number of hydrogen-bond acceptors (Lipinski definition) is 0. The normalized spacial score (nSPS) is 12.6. The minimum Gasteiger partial charge on any atom is -0.234 e. The van der Waals surface area contributed by atoms with Crippen molar-refractivity contribution in [2.75, 3.05) is 0 Å². The van der Waals surface area contributed by atoms with E-state index < -0.39 is 0 Å². The van der Waals surface area contributed by atoms with Crippen LogP contribution in [0.15, 0.2) is 12.4 Å². The highest BCUT2D eigenvalue weighted by atomic mass is 15.2. The zero-order valence-corrected chi connectivity index (χ0v) is 24.3. The Labute approximate surface area is 215 Å². The third-order valence-electron chi connectivity index (χ3n) is 7.69. The van der Waals surface area contributed by atoms with Crippen LogP contribution in [0.5, 0.6) is 0 Å². The van der Waals surface area contributed by atoms with Crippen molar-refractivity contribution in [3.63, 3.8) is 0 Å². The van der Waals surface area contributed by atoms with Crippen LogP contribution in [0.25, 0.3) is 0 Å². The molecular formula is C32H63N2+. The Morgan fingerprint density at radius 1 is 0.588 bits per heavy atom. The van der Waals surface area contributed by atoms with Crippen LogP contribution in [0.4, 0.5) is 0 Å². The molecule has 0 amide bonds. The first-order valence-corrected chi connectivity index (χ1v) is 15.7. The summed E-state index contributed by atoms with van der Waals surface area (Å²) in [6.45, 7) is 13.0. The van der Waals surface area contributed by atoms with Gasteiger partial charge in [0.25, 0.3) is 5.82 Å². The highest BCUT2D eigenvalue weighted by molar-refractivity contribution is 4.90. The fourth-order valence-electron chi connectivity index (χ4n) is 5.48. The summed E-state index contributed by atoms with van der Waals surface area (Å²) in [5.74, 6) is 2.13. The number of unbranched alkanes of at least 4 members (excludes halogenated alkanes) is 18. The number of rotatable bonds is 24. The van der Waals surface area contributed by atoms with E-state index in [0.29, 0.717) is 12.0 Å². The van der Waals surface area contributed by atoms with Gasteiger partial charge in [-0.1, -0.05) is 137 Å². The van der Waals surface area contributed by atoms with Crippen molar-refractivity contribution in [3.8, 4) is 0 Å². The first-order chi connectivity index (χ1) is 16.6. The van der Waals surface area contributed by atoms with Gasteiger partial charge in [-0.2, -0.15) is 0 Å². The molecular weight excluding hydrogens is 412 g/mol. The van der Waals surface area contributed by atoms with Crippen LogP contribution in [0, 0.1) is 0 Å². The van der Waals surface area contributed by atoms with Gasteiger partial charge in [-0.3, -0.25) is 0 Å². The van der Waals surface area contributed by atoms with E-state index in [1.165, 1.54) is 147 Å². The van der Waals surface area contributed by atoms with E-state index in [0.717, 1.165) is 0 Å². The van der Waals surface area contributed by atoms with E-state index in [4.69, 9.17) is 0 Å². The van der Waals surface area contributed by atoms with Crippen LogP contribution in [0.2, 0.25) is 0 Å². The molecule has 200 valence electrons. The summed E-state index contributed by atoms with van der Waals surface area (Å²) in [6.07, 6.45) is 34.5. The van der Waals surface area contributed by atoms with E-state index in [1.54, 1.807) is 0 Å². The van der Waals surface area contributed by atoms with Crippen molar-refractivity contribution in [2.24, 2.45) is 0 Å². The molecule has 2 nitrogen and oxygen atoms in total. The first-order valence-electron chi connectivity index (χ1n) is 15.7. The number of hydrogen-bond donors (Lipinski definition) is 0. The highest BCUT2D eigenvalue weighted by Crippen LogP contribution is 2.19. The monoisotopic (exact) mass is 475 g/mol. The number of aromatic nitrogens is 2. The van der Waals surface area contributed by atoms with Crippen molar-refractivity contribution >= 4 is 0 Å². The average molecular weight is 476 g/mol. The van der Waals surface area contributed by atoms with Gasteiger partial charge in [-0.15, -0.1) is 0 Å². The molecule has 1 rings (SSSR count). The second-order valence-electron chi connectivity index (χ2n) is 11.4. The molecule has 0 aliphatic rings. The van der Waals surface area contributed by atoms with Gasteiger partial charge in [-0.25, -0.2) is 9.13 Å². The maximum Gasteiger partial charge on any atom is 0.259 e. The number of nitrogens with zero attached hydrogens (tertiary/aromatic N) is 2. The Bertz CT molecular complexity index is 559. The fourth-order valence-corrected chi connectivity index (χ4v) is 5.48. The molecule has 0 aliphatic heterocycles. The quantitative estimate of drug-likeness (QED) is 0.104. The largest absolute Gasteiger partial charge is 0.259 e. The lowest BCUT2D eigenvalue weighted by Gasteiger charge is -2.14. The smallest absolute Gasteiger partial charge is 0.234 e. The second-order valence-corrected chi connectivity index (χ2v) is 11.4. The molecule has 0 bridgehead atoms. The lowest BCUT2D eigenvalue weighted by atomic mass is 10.0. The van der Waals surface area contributed by atoms with Crippen LogP contribution in [-0.2, 0) is 6.54 Å². The lowest BCUT2D eigenvalue weighted by molar-refractivity contribution is -0.727. The van der Waals surface area contributed by atoms with Gasteiger partial charge in [0, 0.05) is 0 Å². The van der Waals surface area contributed by atoms with Gasteiger partial charge in [-0.05, 0) is 32.6 Å². The summed E-state index contributed by atoms with van der Waals surface area (Å²) in [5, 5.41) is 0. The Kier molecular flexibility index (Phi) is 19.7. The predicted octanol–water partition coefficient (Wildman–Crippen LogP) is 10.7. The number of imidazole rings is 1. The summed E-state index contributed by atoms with van der Waals surface area (Å²) in [5.41, 5.74) is 0. The van der Waals surface area contributed by atoms with Crippen molar-refractivity contribution in [3.05, 3.63) is 18.2 Å². The molecule has 0 radical (unpaired) electrons. The SMILES string of the molecule is CCCCCCCCCCCCCC(C)[n+]1ccn(CCCCCCCCCCC)c1C(C)C. The zero-order valence-electron chi connectivity index (χ0n) is 24.3. The van der Waals surface area contributed by atoms with Crippen LogP contribution < -0.4 is 4.57 Å². The molecule has 1 aromatic rings. The van der Waals surface area contributed by atoms with Crippen molar-refractivity contribution in [2.45, 2.75) is 188 Å². The summed E-state index contributed by atoms with van der Waals surface area (Å²) < 4.78 is 5.15. The molecule has 0 aromatic carbocycles. The Balaban J connectivity index is 2.21. The Morgan fingerprint density at radius 3 is 1.44 bits per heavy atom. The molecule has 34 heavy (non-hydrogen) atoms. The molecule has 0 saturated heterocycles. The minimum atomic E-state index is 0.591. The maximum atomic E-state index is 2.59. The van der Waals surface area contributed by atoms with E-state index in [2.05, 4.69) is 56.1 Å². The Hall–Kier alpha value is -0.790. The van der Waals surface area contributed by atoms with E-state index >= 15 is 0 Å². The van der Waals surface area contributed by atoms with Crippen LogP contribution in [-0.4, -0.2) is 4.57 Å². The van der Waals surface area contributed by atoms with Gasteiger partial charge in [0.15, 0.2) is 0 Å². The standard InChI is InChI=1S/C32H63N2/c1-6-8-10-12-14-16-17-18-20-22-24-26-31(5)34-29-28-33(32(34)30(3)4)27-25-23-21-19-15-13-11-9-7-2/h28-31H,6-27H2,1-5H3/q+1. The van der Waals surface area contributed by atoms with E-state index in [-0.39, 0.29) is 0 Å². The van der Waals surface area contributed by atoms with Crippen molar-refractivity contribution in [1.82, 2.24) is 4.57 Å². The average Bonchev–Trinajstić information content (AvgIpc) is 3.26. The fraction of sp³-hybridized carbons (Fsp3) is 0.906. The van der Waals surface area contributed by atoms with Crippen LogP contribution >= 0.6 is 0 Å². The van der Waals surface area contributed by atoms with E-state index in [1.807, 2.05) is 0 Å². The molecule has 0 fully saturated rings. The molecule has 1 heterocycles. The summed E-state index contributed by atoms with van der Waals surface area (Å²) in [7, 11) is 0. The molecule has 0 spiro atoms. The van der Waals surface area contributed by atoms with Crippen LogP contribution in [0.1, 0.15) is 187 Å². The van der Waals surface area contributed by atoms with Gasteiger partial charge >= 0.3 is 0 Å². The molecule has 1 aromatic heterocycles. The highest BCUT2D eigenvalue weighted by Gasteiger charge is 2.23. The van der Waals surface area contributed by atoms with Gasteiger partial charge in [0.1, 0.15) is 12.4 Å². The molecule has 0 N–H and O–H groups in total. The van der Waals surface area contributed by atoms with Gasteiger partial charge < -0.3 is 0 Å². The van der Waals surface area contributed by atoms with Gasteiger partial charge in [0.2, 0.25) is 0 Å². The van der Waals surface area contributed by atoms with E-state index in [9.17, 15) is 0 Å². The molecule has 1 unspecified atom stereocenters. The summed E-state index contributed by atoms with van der Waals surface area (Å²) in [4.78, 5) is 0. The van der Waals surface area contributed by atoms with Crippen molar-refractivity contribution < 1.29 is 4.57 Å². The van der Waals surface area contributed by atoms with Crippen molar-refractivity contribution in [1.29, 1.82) is 0 Å². The lowest BCUT2D eigenvalue weighted by Crippen LogP contribution is -2.41. The topological polar surface area (TPSA) is 8.81 Å². The molecule has 1 atom stereocenters.